The molecule has 0 bridgehead atoms. The van der Waals surface area contributed by atoms with Gasteiger partial charge < -0.3 is 19.5 Å². The highest BCUT2D eigenvalue weighted by Crippen LogP contribution is 2.23. The second kappa shape index (κ2) is 8.14. The average molecular weight is 394 g/mol. The number of amides is 1. The first-order valence-corrected chi connectivity index (χ1v) is 9.29. The van der Waals surface area contributed by atoms with E-state index in [1.54, 1.807) is 6.07 Å². The Balaban J connectivity index is 1.39. The Labute approximate surface area is 151 Å². The molecule has 0 radical (unpaired) electrons. The van der Waals surface area contributed by atoms with Gasteiger partial charge in [0.15, 0.2) is 5.76 Å². The van der Waals surface area contributed by atoms with Gasteiger partial charge in [0.1, 0.15) is 5.58 Å². The van der Waals surface area contributed by atoms with E-state index in [-0.39, 0.29) is 5.91 Å². The summed E-state index contributed by atoms with van der Waals surface area (Å²) in [6.45, 7) is 6.41. The van der Waals surface area contributed by atoms with Crippen LogP contribution in [0.4, 0.5) is 0 Å². The molecule has 1 fully saturated rings. The molecule has 0 aliphatic carbocycles. The van der Waals surface area contributed by atoms with Gasteiger partial charge in [0.25, 0.3) is 5.91 Å². The molecule has 1 aromatic carbocycles. The highest BCUT2D eigenvalue weighted by atomic mass is 79.9. The van der Waals surface area contributed by atoms with Gasteiger partial charge in [0, 0.05) is 42.6 Å². The number of furan rings is 1. The Morgan fingerprint density at radius 1 is 1.21 bits per heavy atom. The third kappa shape index (κ3) is 4.59. The van der Waals surface area contributed by atoms with E-state index in [0.717, 1.165) is 61.0 Å². The monoisotopic (exact) mass is 393 g/mol. The van der Waals surface area contributed by atoms with Gasteiger partial charge in [-0.2, -0.15) is 0 Å². The summed E-state index contributed by atoms with van der Waals surface area (Å²) in [5.41, 5.74) is 0.735. The lowest BCUT2D eigenvalue weighted by Crippen LogP contribution is -2.44. The van der Waals surface area contributed by atoms with Crippen molar-refractivity contribution < 1.29 is 9.21 Å². The summed E-state index contributed by atoms with van der Waals surface area (Å²) < 4.78 is 6.58. The van der Waals surface area contributed by atoms with Crippen molar-refractivity contribution >= 4 is 32.8 Å². The molecule has 0 spiro atoms. The molecular formula is C18H24BrN3O2. The fraction of sp³-hybridized carbons (Fsp3) is 0.500. The molecular weight excluding hydrogens is 370 g/mol. The zero-order valence-electron chi connectivity index (χ0n) is 14.1. The lowest BCUT2D eigenvalue weighted by Gasteiger charge is -2.32. The lowest BCUT2D eigenvalue weighted by atomic mass is 10.2. The van der Waals surface area contributed by atoms with Crippen molar-refractivity contribution in [3.8, 4) is 0 Å². The highest BCUT2D eigenvalue weighted by molar-refractivity contribution is 9.10. The van der Waals surface area contributed by atoms with Gasteiger partial charge >= 0.3 is 0 Å². The number of carbonyl (C=O) groups excluding carboxylic acids is 1. The maximum Gasteiger partial charge on any atom is 0.287 e. The molecule has 0 saturated carbocycles. The minimum Gasteiger partial charge on any atom is -0.451 e. The van der Waals surface area contributed by atoms with E-state index in [1.165, 1.54) is 0 Å². The largest absolute Gasteiger partial charge is 0.451 e. The van der Waals surface area contributed by atoms with Gasteiger partial charge in [0.2, 0.25) is 0 Å². The van der Waals surface area contributed by atoms with E-state index in [2.05, 4.69) is 38.1 Å². The minimum atomic E-state index is -0.137. The summed E-state index contributed by atoms with van der Waals surface area (Å²) in [4.78, 5) is 17.0. The van der Waals surface area contributed by atoms with Crippen LogP contribution in [0.3, 0.4) is 0 Å². The molecule has 2 aromatic rings. The second-order valence-electron chi connectivity index (χ2n) is 6.40. The van der Waals surface area contributed by atoms with Gasteiger partial charge in [-0.05, 0) is 50.7 Å². The van der Waals surface area contributed by atoms with E-state index >= 15 is 0 Å². The van der Waals surface area contributed by atoms with Crippen LogP contribution in [0.5, 0.6) is 0 Å². The van der Waals surface area contributed by atoms with Crippen LogP contribution in [0, 0.1) is 0 Å². The minimum absolute atomic E-state index is 0.137. The van der Waals surface area contributed by atoms with E-state index in [0.29, 0.717) is 12.3 Å². The molecule has 1 aliphatic rings. The van der Waals surface area contributed by atoms with Crippen molar-refractivity contribution in [2.75, 3.05) is 46.3 Å². The van der Waals surface area contributed by atoms with Crippen LogP contribution in [-0.2, 0) is 0 Å². The predicted octanol–water partition coefficient (Wildman–Crippen LogP) is 2.95. The number of likely N-dealkylation sites (N-methyl/N-ethyl adjacent to an activating group) is 1. The molecule has 1 saturated heterocycles. The number of halogens is 1. The molecule has 0 unspecified atom stereocenters. The van der Waals surface area contributed by atoms with Gasteiger partial charge in [-0.15, -0.1) is 0 Å². The van der Waals surface area contributed by atoms with Crippen LogP contribution in [-0.4, -0.2) is 62.0 Å². The first-order valence-electron chi connectivity index (χ1n) is 8.50. The van der Waals surface area contributed by atoms with E-state index in [4.69, 9.17) is 4.42 Å². The first-order chi connectivity index (χ1) is 11.6. The summed E-state index contributed by atoms with van der Waals surface area (Å²) in [5.74, 6) is 0.240. The molecule has 1 aliphatic heterocycles. The van der Waals surface area contributed by atoms with Crippen molar-refractivity contribution in [2.45, 2.75) is 12.8 Å². The molecule has 130 valence electrons. The number of unbranched alkanes of at least 4 members (excludes halogenated alkanes) is 1. The smallest absolute Gasteiger partial charge is 0.287 e. The van der Waals surface area contributed by atoms with Crippen molar-refractivity contribution in [1.82, 2.24) is 15.1 Å². The van der Waals surface area contributed by atoms with E-state index in [1.807, 2.05) is 18.2 Å². The lowest BCUT2D eigenvalue weighted by molar-refractivity contribution is 0.0926. The van der Waals surface area contributed by atoms with Crippen molar-refractivity contribution in [3.05, 3.63) is 34.5 Å². The number of nitrogens with one attached hydrogen (secondary N) is 1. The van der Waals surface area contributed by atoms with Crippen molar-refractivity contribution in [2.24, 2.45) is 0 Å². The normalized spacial score (nSPS) is 16.6. The molecule has 24 heavy (non-hydrogen) atoms. The SMILES string of the molecule is CN1CCN(CCCCNC(=O)c2cc3cc(Br)ccc3o2)CC1. The zero-order chi connectivity index (χ0) is 16.9. The van der Waals surface area contributed by atoms with Gasteiger partial charge in [-0.25, -0.2) is 0 Å². The van der Waals surface area contributed by atoms with Gasteiger partial charge in [-0.3, -0.25) is 4.79 Å². The van der Waals surface area contributed by atoms with Crippen LogP contribution >= 0.6 is 15.9 Å². The number of nitrogens with zero attached hydrogens (tertiary/aromatic N) is 2. The number of hydrogen-bond donors (Lipinski definition) is 1. The Morgan fingerprint density at radius 3 is 2.79 bits per heavy atom. The van der Waals surface area contributed by atoms with Crippen LogP contribution in [0.2, 0.25) is 0 Å². The molecule has 5 nitrogen and oxygen atoms in total. The number of rotatable bonds is 6. The average Bonchev–Trinajstić information content (AvgIpc) is 2.99. The van der Waals surface area contributed by atoms with Crippen LogP contribution in [0.1, 0.15) is 23.4 Å². The first kappa shape index (κ1) is 17.5. The Bertz CT molecular complexity index is 693. The molecule has 1 aromatic heterocycles. The Kier molecular flexibility index (Phi) is 5.92. The number of fused-ring (bicyclic) bond motifs is 1. The summed E-state index contributed by atoms with van der Waals surface area (Å²) in [6, 6.07) is 7.52. The molecule has 6 heteroatoms. The Morgan fingerprint density at radius 2 is 2.00 bits per heavy atom. The molecule has 3 rings (SSSR count). The number of benzene rings is 1. The van der Waals surface area contributed by atoms with Gasteiger partial charge in [-0.1, -0.05) is 15.9 Å². The molecule has 1 amide bonds. The Hall–Kier alpha value is -1.37. The van der Waals surface area contributed by atoms with Crippen LogP contribution in [0.15, 0.2) is 33.2 Å². The van der Waals surface area contributed by atoms with Gasteiger partial charge in [0.05, 0.1) is 0 Å². The fourth-order valence-corrected chi connectivity index (χ4v) is 3.33. The summed E-state index contributed by atoms with van der Waals surface area (Å²) >= 11 is 3.43. The standard InChI is InChI=1S/C18H24BrN3O2/c1-21-8-10-22(11-9-21)7-3-2-6-20-18(23)17-13-14-12-15(19)4-5-16(14)24-17/h4-5,12-13H,2-3,6-11H2,1H3,(H,20,23). The topological polar surface area (TPSA) is 48.7 Å². The summed E-state index contributed by atoms with van der Waals surface area (Å²) in [5, 5.41) is 3.88. The fourth-order valence-electron chi connectivity index (χ4n) is 2.95. The maximum atomic E-state index is 12.2. The zero-order valence-corrected chi connectivity index (χ0v) is 15.6. The molecule has 1 N–H and O–H groups in total. The summed E-state index contributed by atoms with van der Waals surface area (Å²) in [7, 11) is 2.17. The molecule has 0 atom stereocenters. The van der Waals surface area contributed by atoms with Crippen LogP contribution < -0.4 is 5.32 Å². The third-order valence-electron chi connectivity index (χ3n) is 4.48. The second-order valence-corrected chi connectivity index (χ2v) is 7.32. The number of piperazine rings is 1. The highest BCUT2D eigenvalue weighted by Gasteiger charge is 2.14. The number of hydrogen-bond acceptors (Lipinski definition) is 4. The quantitative estimate of drug-likeness (QED) is 0.766. The van der Waals surface area contributed by atoms with Crippen molar-refractivity contribution in [3.63, 3.8) is 0 Å². The van der Waals surface area contributed by atoms with E-state index in [9.17, 15) is 4.79 Å². The van der Waals surface area contributed by atoms with Crippen LogP contribution in [0.25, 0.3) is 11.0 Å². The maximum absolute atomic E-state index is 12.2. The predicted molar refractivity (Wildman–Crippen MR) is 99.4 cm³/mol. The number of carbonyl (C=O) groups is 1. The van der Waals surface area contributed by atoms with E-state index < -0.39 is 0 Å². The molecule has 2 heterocycles. The summed E-state index contributed by atoms with van der Waals surface area (Å²) in [6.07, 6.45) is 2.10. The van der Waals surface area contributed by atoms with Crippen molar-refractivity contribution in [1.29, 1.82) is 0 Å². The third-order valence-corrected chi connectivity index (χ3v) is 4.98.